The van der Waals surface area contributed by atoms with E-state index in [9.17, 15) is 0 Å². The van der Waals surface area contributed by atoms with Crippen molar-refractivity contribution in [1.29, 1.82) is 0 Å². The summed E-state index contributed by atoms with van der Waals surface area (Å²) >= 11 is 0. The molecule has 0 heterocycles. The summed E-state index contributed by atoms with van der Waals surface area (Å²) in [6.07, 6.45) is 2.34. The van der Waals surface area contributed by atoms with Gasteiger partial charge < -0.3 is 5.73 Å². The minimum Gasteiger partial charge on any atom is -0.355 e. The van der Waals surface area contributed by atoms with Crippen LogP contribution in [-0.4, -0.2) is 6.04 Å². The molecule has 0 aromatic heterocycles. The second-order valence-corrected chi connectivity index (χ2v) is 3.13. The molecule has 1 heteroatoms. The lowest BCUT2D eigenvalue weighted by Crippen LogP contribution is -2.59. The molecule has 1 rings (SSSR count). The monoisotopic (exact) mass is 150 g/mol. The summed E-state index contributed by atoms with van der Waals surface area (Å²) < 4.78 is 0. The molecule has 3 N–H and O–H groups in total. The summed E-state index contributed by atoms with van der Waals surface area (Å²) in [6.45, 7) is 2.16. The van der Waals surface area contributed by atoms with E-state index in [-0.39, 0.29) is 0 Å². The summed E-state index contributed by atoms with van der Waals surface area (Å²) in [4.78, 5) is 0. The van der Waals surface area contributed by atoms with E-state index in [1.54, 1.807) is 0 Å². The molecule has 0 bridgehead atoms. The quantitative estimate of drug-likeness (QED) is 0.671. The Hall–Kier alpha value is -0.820. The standard InChI is InChI=1S/C10H15N/c1-9(11)7-8-10-5-3-2-4-6-10/h2-6,9H,7-8,11H2,1H3/p+1. The molecule has 1 aromatic rings. The van der Waals surface area contributed by atoms with E-state index >= 15 is 0 Å². The third-order valence-corrected chi connectivity index (χ3v) is 1.77. The topological polar surface area (TPSA) is 27.6 Å². The van der Waals surface area contributed by atoms with Crippen LogP contribution < -0.4 is 5.73 Å². The van der Waals surface area contributed by atoms with Crippen LogP contribution in [0.3, 0.4) is 0 Å². The normalized spacial score (nSPS) is 12.9. The zero-order chi connectivity index (χ0) is 8.10. The predicted molar refractivity (Wildman–Crippen MR) is 47.1 cm³/mol. The van der Waals surface area contributed by atoms with Crippen molar-refractivity contribution in [3.05, 3.63) is 35.9 Å². The molecule has 1 unspecified atom stereocenters. The van der Waals surface area contributed by atoms with Crippen molar-refractivity contribution in [3.63, 3.8) is 0 Å². The summed E-state index contributed by atoms with van der Waals surface area (Å²) in [7, 11) is 0. The fourth-order valence-electron chi connectivity index (χ4n) is 1.06. The van der Waals surface area contributed by atoms with Crippen LogP contribution >= 0.6 is 0 Å². The van der Waals surface area contributed by atoms with Gasteiger partial charge in [0.05, 0.1) is 6.04 Å². The number of benzene rings is 1. The minimum absolute atomic E-state index is 0.565. The molecule has 0 aliphatic rings. The molecule has 1 nitrogen and oxygen atoms in total. The van der Waals surface area contributed by atoms with Gasteiger partial charge in [0, 0.05) is 6.42 Å². The van der Waals surface area contributed by atoms with E-state index in [1.807, 2.05) is 0 Å². The van der Waals surface area contributed by atoms with Gasteiger partial charge in [0.2, 0.25) is 0 Å². The van der Waals surface area contributed by atoms with Crippen molar-refractivity contribution in [2.45, 2.75) is 25.8 Å². The van der Waals surface area contributed by atoms with Crippen LogP contribution in [0.2, 0.25) is 0 Å². The Bertz CT molecular complexity index is 191. The number of quaternary nitrogens is 1. The number of hydrogen-bond donors (Lipinski definition) is 1. The van der Waals surface area contributed by atoms with Gasteiger partial charge >= 0.3 is 0 Å². The minimum atomic E-state index is 0.565. The average Bonchev–Trinajstić information content (AvgIpc) is 2.03. The summed E-state index contributed by atoms with van der Waals surface area (Å²) in [5.74, 6) is 0. The largest absolute Gasteiger partial charge is 0.355 e. The lowest BCUT2D eigenvalue weighted by Gasteiger charge is -2.01. The van der Waals surface area contributed by atoms with Crippen molar-refractivity contribution in [3.8, 4) is 0 Å². The van der Waals surface area contributed by atoms with Gasteiger partial charge in [-0.05, 0) is 18.9 Å². The van der Waals surface area contributed by atoms with E-state index in [2.05, 4.69) is 43.0 Å². The SMILES string of the molecule is CC([NH3+])CCc1ccccc1. The van der Waals surface area contributed by atoms with Gasteiger partial charge in [0.25, 0.3) is 0 Å². The molecule has 0 aliphatic carbocycles. The fraction of sp³-hybridized carbons (Fsp3) is 0.400. The molecular weight excluding hydrogens is 134 g/mol. The van der Waals surface area contributed by atoms with Crippen molar-refractivity contribution >= 4 is 0 Å². The first-order chi connectivity index (χ1) is 5.29. The maximum atomic E-state index is 3.95. The smallest absolute Gasteiger partial charge is 0.0818 e. The van der Waals surface area contributed by atoms with E-state index < -0.39 is 0 Å². The lowest BCUT2D eigenvalue weighted by atomic mass is 10.1. The Morgan fingerprint density at radius 3 is 2.45 bits per heavy atom. The summed E-state index contributed by atoms with van der Waals surface area (Å²) in [5, 5.41) is 0. The third-order valence-electron chi connectivity index (χ3n) is 1.77. The van der Waals surface area contributed by atoms with Gasteiger partial charge in [-0.2, -0.15) is 0 Å². The molecule has 0 saturated heterocycles. The molecule has 60 valence electrons. The van der Waals surface area contributed by atoms with Gasteiger partial charge in [-0.3, -0.25) is 0 Å². The molecule has 0 spiro atoms. The average molecular weight is 150 g/mol. The highest BCUT2D eigenvalue weighted by Crippen LogP contribution is 2.02. The highest BCUT2D eigenvalue weighted by Gasteiger charge is 1.97. The highest BCUT2D eigenvalue weighted by molar-refractivity contribution is 5.14. The Kier molecular flexibility index (Phi) is 3.12. The second-order valence-electron chi connectivity index (χ2n) is 3.13. The van der Waals surface area contributed by atoms with Gasteiger partial charge in [-0.25, -0.2) is 0 Å². The Morgan fingerprint density at radius 1 is 1.27 bits per heavy atom. The van der Waals surface area contributed by atoms with Crippen LogP contribution in [0.4, 0.5) is 0 Å². The molecule has 1 aromatic carbocycles. The van der Waals surface area contributed by atoms with E-state index in [1.165, 1.54) is 12.0 Å². The van der Waals surface area contributed by atoms with Crippen LogP contribution in [0.5, 0.6) is 0 Å². The molecule has 0 radical (unpaired) electrons. The lowest BCUT2D eigenvalue weighted by molar-refractivity contribution is -0.415. The summed E-state index contributed by atoms with van der Waals surface area (Å²) in [5.41, 5.74) is 5.37. The maximum Gasteiger partial charge on any atom is 0.0818 e. The highest BCUT2D eigenvalue weighted by atomic mass is 14.6. The van der Waals surface area contributed by atoms with E-state index in [4.69, 9.17) is 0 Å². The first-order valence-electron chi connectivity index (χ1n) is 4.16. The zero-order valence-corrected chi connectivity index (χ0v) is 7.09. The summed E-state index contributed by atoms with van der Waals surface area (Å²) in [6, 6.07) is 11.1. The zero-order valence-electron chi connectivity index (χ0n) is 7.09. The Balaban J connectivity index is 2.39. The molecule has 1 atom stereocenters. The second kappa shape index (κ2) is 4.14. The molecule has 0 aliphatic heterocycles. The van der Waals surface area contributed by atoms with Gasteiger partial charge in [-0.15, -0.1) is 0 Å². The predicted octanol–water partition coefficient (Wildman–Crippen LogP) is 1.25. The van der Waals surface area contributed by atoms with Crippen LogP contribution in [0.1, 0.15) is 18.9 Å². The maximum absolute atomic E-state index is 3.95. The van der Waals surface area contributed by atoms with Crippen LogP contribution in [-0.2, 0) is 6.42 Å². The molecule has 0 amide bonds. The van der Waals surface area contributed by atoms with E-state index in [0.29, 0.717) is 6.04 Å². The molecule has 0 fully saturated rings. The van der Waals surface area contributed by atoms with Crippen molar-refractivity contribution in [1.82, 2.24) is 0 Å². The first kappa shape index (κ1) is 8.28. The van der Waals surface area contributed by atoms with Crippen LogP contribution in [0.25, 0.3) is 0 Å². The van der Waals surface area contributed by atoms with Crippen LogP contribution in [0.15, 0.2) is 30.3 Å². The number of hydrogen-bond acceptors (Lipinski definition) is 0. The molecule has 11 heavy (non-hydrogen) atoms. The van der Waals surface area contributed by atoms with Crippen molar-refractivity contribution in [2.75, 3.05) is 0 Å². The van der Waals surface area contributed by atoms with Gasteiger partial charge in [-0.1, -0.05) is 30.3 Å². The first-order valence-corrected chi connectivity index (χ1v) is 4.16. The Morgan fingerprint density at radius 2 is 1.91 bits per heavy atom. The number of rotatable bonds is 3. The van der Waals surface area contributed by atoms with E-state index in [0.717, 1.165) is 6.42 Å². The molecule has 0 saturated carbocycles. The number of aryl methyl sites for hydroxylation is 1. The van der Waals surface area contributed by atoms with Crippen molar-refractivity contribution in [2.24, 2.45) is 0 Å². The fourth-order valence-corrected chi connectivity index (χ4v) is 1.06. The van der Waals surface area contributed by atoms with Gasteiger partial charge in [0.15, 0.2) is 0 Å². The molecular formula is C10H16N+. The third kappa shape index (κ3) is 3.19. The van der Waals surface area contributed by atoms with Crippen LogP contribution in [0, 0.1) is 0 Å². The Labute approximate surface area is 68.2 Å². The van der Waals surface area contributed by atoms with Crippen molar-refractivity contribution < 1.29 is 5.73 Å². The van der Waals surface area contributed by atoms with Gasteiger partial charge in [0.1, 0.15) is 0 Å².